The van der Waals surface area contributed by atoms with E-state index in [1.165, 1.54) is 64.5 Å². The van der Waals surface area contributed by atoms with Gasteiger partial charge < -0.3 is 4.74 Å². The van der Waals surface area contributed by atoms with Gasteiger partial charge in [-0.15, -0.1) is 0 Å². The van der Waals surface area contributed by atoms with Crippen LogP contribution in [0.1, 0.15) is 78.1 Å². The summed E-state index contributed by atoms with van der Waals surface area (Å²) in [5, 5.41) is 0. The maximum absolute atomic E-state index is 12.8. The number of hydrogen-bond donors (Lipinski definition) is 0. The summed E-state index contributed by atoms with van der Waals surface area (Å²) in [6.07, 6.45) is 13.2. The van der Waals surface area contributed by atoms with Gasteiger partial charge in [0.15, 0.2) is 0 Å². The fraction of sp³-hybridized carbons (Fsp3) is 0.880. The molecule has 5 aliphatic rings. The fourth-order valence-electron chi connectivity index (χ4n) is 7.36. The number of carbonyl (C=O) groups is 1. The van der Waals surface area contributed by atoms with Crippen LogP contribution in [0.2, 0.25) is 0 Å². The quantitative estimate of drug-likeness (QED) is 0.519. The molecule has 5 rings (SSSR count). The Morgan fingerprint density at radius 3 is 2.59 bits per heavy atom. The van der Waals surface area contributed by atoms with Crippen LogP contribution in [-0.2, 0) is 9.53 Å². The Hall–Kier alpha value is -0.870. The fourth-order valence-corrected chi connectivity index (χ4v) is 7.36. The minimum absolute atomic E-state index is 0.0907. The van der Waals surface area contributed by atoms with E-state index < -0.39 is 0 Å². The van der Waals surface area contributed by atoms with Gasteiger partial charge in [0.05, 0.1) is 5.92 Å². The number of piperazine rings is 1. The number of esters is 1. The molecule has 0 N–H and O–H groups in total. The van der Waals surface area contributed by atoms with Gasteiger partial charge in [0.25, 0.3) is 0 Å². The van der Waals surface area contributed by atoms with E-state index >= 15 is 0 Å². The molecule has 162 valence electrons. The summed E-state index contributed by atoms with van der Waals surface area (Å²) in [6.45, 7) is 10.3. The first-order valence-electron chi connectivity index (χ1n) is 12.4. The second-order valence-corrected chi connectivity index (χ2v) is 11.0. The Bertz CT molecular complexity index is 660. The van der Waals surface area contributed by atoms with E-state index in [9.17, 15) is 4.79 Å². The molecule has 4 atom stereocenters. The lowest BCUT2D eigenvalue weighted by molar-refractivity contribution is -0.145. The van der Waals surface area contributed by atoms with Gasteiger partial charge in [0, 0.05) is 44.7 Å². The molecule has 0 aromatic heterocycles. The zero-order valence-corrected chi connectivity index (χ0v) is 18.6. The zero-order valence-electron chi connectivity index (χ0n) is 18.6. The van der Waals surface area contributed by atoms with Crippen molar-refractivity contribution >= 4 is 5.97 Å². The third kappa shape index (κ3) is 3.80. The van der Waals surface area contributed by atoms with Crippen LogP contribution in [0.5, 0.6) is 0 Å². The summed E-state index contributed by atoms with van der Waals surface area (Å²) in [7, 11) is 0. The molecule has 0 radical (unpaired) electrons. The normalized spacial score (nSPS) is 39.9. The third-order valence-electron chi connectivity index (χ3n) is 9.13. The van der Waals surface area contributed by atoms with Gasteiger partial charge in [0.2, 0.25) is 0 Å². The lowest BCUT2D eigenvalue weighted by Crippen LogP contribution is -2.52. The molecule has 2 heterocycles. The van der Waals surface area contributed by atoms with E-state index in [-0.39, 0.29) is 23.4 Å². The van der Waals surface area contributed by atoms with Crippen molar-refractivity contribution in [3.05, 3.63) is 11.1 Å². The summed E-state index contributed by atoms with van der Waals surface area (Å²) in [5.41, 5.74) is 3.57. The molecule has 0 bridgehead atoms. The number of fused-ring (bicyclic) bond motifs is 2. The number of allylic oxidation sites excluding steroid dienone is 2. The first-order chi connectivity index (χ1) is 14.0. The molecule has 4 fully saturated rings. The molecule has 4 heteroatoms. The smallest absolute Gasteiger partial charge is 0.310 e. The van der Waals surface area contributed by atoms with E-state index in [2.05, 4.69) is 23.6 Å². The zero-order chi connectivity index (χ0) is 20.0. The lowest BCUT2D eigenvalue weighted by Gasteiger charge is -2.46. The van der Waals surface area contributed by atoms with Gasteiger partial charge >= 0.3 is 5.97 Å². The molecule has 2 saturated carbocycles. The maximum Gasteiger partial charge on any atom is 0.310 e. The van der Waals surface area contributed by atoms with E-state index in [1.54, 1.807) is 11.1 Å². The highest BCUT2D eigenvalue weighted by Crippen LogP contribution is 2.55. The number of rotatable bonds is 3. The predicted octanol–water partition coefficient (Wildman–Crippen LogP) is 4.40. The van der Waals surface area contributed by atoms with Crippen LogP contribution in [0.25, 0.3) is 0 Å². The summed E-state index contributed by atoms with van der Waals surface area (Å²) in [4.78, 5) is 18.1. The summed E-state index contributed by atoms with van der Waals surface area (Å²) >= 11 is 0. The first kappa shape index (κ1) is 20.1. The molecule has 2 aliphatic heterocycles. The molecule has 3 aliphatic carbocycles. The van der Waals surface area contributed by atoms with Gasteiger partial charge in [0.1, 0.15) is 6.10 Å². The highest BCUT2D eigenvalue weighted by atomic mass is 16.6. The van der Waals surface area contributed by atoms with Gasteiger partial charge in [-0.2, -0.15) is 0 Å². The van der Waals surface area contributed by atoms with Crippen molar-refractivity contribution in [2.24, 2.45) is 17.3 Å². The lowest BCUT2D eigenvalue weighted by atomic mass is 9.59. The number of hydrogen-bond acceptors (Lipinski definition) is 4. The van der Waals surface area contributed by atoms with Crippen molar-refractivity contribution in [2.45, 2.75) is 90.2 Å². The number of nitrogens with zero attached hydrogens (tertiary/aromatic N) is 2. The van der Waals surface area contributed by atoms with Crippen LogP contribution in [0.4, 0.5) is 0 Å². The van der Waals surface area contributed by atoms with Crippen LogP contribution < -0.4 is 0 Å². The van der Waals surface area contributed by atoms with Crippen LogP contribution >= 0.6 is 0 Å². The topological polar surface area (TPSA) is 32.8 Å². The Morgan fingerprint density at radius 1 is 1.07 bits per heavy atom. The highest BCUT2D eigenvalue weighted by Gasteiger charge is 2.53. The molecule has 0 aromatic rings. The SMILES string of the molecule is CC1=C2C[C@@H]3[C@H](CN4CCN(C5CCCCC5)CC4)C(=O)O[C@@H]3C[C@@]2(C)CCC1. The Labute approximate surface area is 177 Å². The molecule has 0 aromatic carbocycles. The molecule has 4 nitrogen and oxygen atoms in total. The van der Waals surface area contributed by atoms with Gasteiger partial charge in [-0.05, 0) is 57.3 Å². The predicted molar refractivity (Wildman–Crippen MR) is 116 cm³/mol. The molecule has 29 heavy (non-hydrogen) atoms. The van der Waals surface area contributed by atoms with Crippen LogP contribution in [-0.4, -0.2) is 60.6 Å². The van der Waals surface area contributed by atoms with Crippen molar-refractivity contribution in [2.75, 3.05) is 32.7 Å². The van der Waals surface area contributed by atoms with Crippen molar-refractivity contribution in [3.63, 3.8) is 0 Å². The van der Waals surface area contributed by atoms with Crippen molar-refractivity contribution in [1.29, 1.82) is 0 Å². The first-order valence-corrected chi connectivity index (χ1v) is 12.4. The number of ether oxygens (including phenoxy) is 1. The van der Waals surface area contributed by atoms with Crippen molar-refractivity contribution in [1.82, 2.24) is 9.80 Å². The molecular formula is C25H40N2O2. The van der Waals surface area contributed by atoms with Crippen LogP contribution in [0, 0.1) is 17.3 Å². The van der Waals surface area contributed by atoms with Crippen molar-refractivity contribution in [3.8, 4) is 0 Å². The Kier molecular flexibility index (Phi) is 5.53. The standard InChI is InChI=1S/C25H40N2O2/c1-18-7-6-10-25(2)16-23-20(15-22(18)25)21(24(28)29-23)17-26-11-13-27(14-12-26)19-8-4-3-5-9-19/h19-21,23H,3-17H2,1-2H3/t20-,21+,23-,25-/m1/s1. The van der Waals surface area contributed by atoms with E-state index in [0.717, 1.165) is 38.5 Å². The van der Waals surface area contributed by atoms with Crippen LogP contribution in [0.15, 0.2) is 11.1 Å². The van der Waals surface area contributed by atoms with Crippen LogP contribution in [0.3, 0.4) is 0 Å². The molecule has 0 unspecified atom stereocenters. The van der Waals surface area contributed by atoms with Gasteiger partial charge in [-0.25, -0.2) is 0 Å². The monoisotopic (exact) mass is 400 g/mol. The molecular weight excluding hydrogens is 360 g/mol. The van der Waals surface area contributed by atoms with Gasteiger partial charge in [-0.1, -0.05) is 37.3 Å². The third-order valence-corrected chi connectivity index (χ3v) is 9.13. The average molecular weight is 401 g/mol. The molecule has 2 saturated heterocycles. The molecule has 0 spiro atoms. The van der Waals surface area contributed by atoms with E-state index in [1.807, 2.05) is 0 Å². The van der Waals surface area contributed by atoms with Gasteiger partial charge in [-0.3, -0.25) is 14.6 Å². The Balaban J connectivity index is 1.21. The Morgan fingerprint density at radius 2 is 1.83 bits per heavy atom. The second-order valence-electron chi connectivity index (χ2n) is 11.0. The van der Waals surface area contributed by atoms with E-state index in [0.29, 0.717) is 5.92 Å². The maximum atomic E-state index is 12.8. The highest BCUT2D eigenvalue weighted by molar-refractivity contribution is 5.76. The summed E-state index contributed by atoms with van der Waals surface area (Å²) < 4.78 is 5.99. The van der Waals surface area contributed by atoms with E-state index in [4.69, 9.17) is 4.74 Å². The average Bonchev–Trinajstić information content (AvgIpc) is 3.01. The minimum Gasteiger partial charge on any atom is -0.462 e. The summed E-state index contributed by atoms with van der Waals surface area (Å²) in [6, 6.07) is 0.823. The molecule has 0 amide bonds. The second kappa shape index (κ2) is 8.00. The minimum atomic E-state index is 0.0907. The van der Waals surface area contributed by atoms with Crippen molar-refractivity contribution < 1.29 is 9.53 Å². The largest absolute Gasteiger partial charge is 0.462 e. The number of carbonyl (C=O) groups excluding carboxylic acids is 1. The summed E-state index contributed by atoms with van der Waals surface area (Å²) in [5.74, 6) is 0.596.